The molecule has 0 aliphatic carbocycles. The number of amides is 2. The Morgan fingerprint density at radius 1 is 1.09 bits per heavy atom. The molecule has 8 nitrogen and oxygen atoms in total. The Labute approximate surface area is 201 Å². The lowest BCUT2D eigenvalue weighted by atomic mass is 10.1. The number of hydrogen-bond acceptors (Lipinski definition) is 6. The van der Waals surface area contributed by atoms with Crippen LogP contribution in [0.25, 0.3) is 11.5 Å². The second-order valence-corrected chi connectivity index (χ2v) is 8.21. The summed E-state index contributed by atoms with van der Waals surface area (Å²) in [4.78, 5) is 30.7. The Morgan fingerprint density at radius 2 is 1.86 bits per heavy atom. The Kier molecular flexibility index (Phi) is 7.35. The fraction of sp³-hybridized carbons (Fsp3) is 0.231. The third-order valence-electron chi connectivity index (χ3n) is 5.45. The van der Waals surface area contributed by atoms with E-state index in [1.165, 1.54) is 23.1 Å². The monoisotopic (exact) mass is 476 g/mol. The molecule has 1 N–H and O–H groups in total. The Hall–Kier alpha value is -4.27. The number of rotatable bonds is 9. The number of benzene rings is 2. The third-order valence-corrected chi connectivity index (χ3v) is 5.45. The number of aromatic nitrogens is 2. The fourth-order valence-electron chi connectivity index (χ4n) is 3.54. The molecule has 180 valence electrons. The van der Waals surface area contributed by atoms with Gasteiger partial charge in [-0.1, -0.05) is 17.3 Å². The summed E-state index contributed by atoms with van der Waals surface area (Å²) >= 11 is 0. The number of nitrogens with zero attached hydrogens (tertiary/aromatic N) is 3. The number of carbonyl (C=O) groups is 2. The van der Waals surface area contributed by atoms with Crippen molar-refractivity contribution in [3.63, 3.8) is 0 Å². The second-order valence-electron chi connectivity index (χ2n) is 8.21. The predicted octanol–water partition coefficient (Wildman–Crippen LogP) is 4.14. The van der Waals surface area contributed by atoms with Crippen molar-refractivity contribution in [3.05, 3.63) is 95.5 Å². The van der Waals surface area contributed by atoms with Crippen molar-refractivity contribution in [2.24, 2.45) is 0 Å². The first-order valence-electron chi connectivity index (χ1n) is 11.2. The molecule has 2 aromatic carbocycles. The van der Waals surface area contributed by atoms with Crippen molar-refractivity contribution in [3.8, 4) is 11.5 Å². The minimum Gasteiger partial charge on any atom is -0.469 e. The maximum Gasteiger partial charge on any atom is 0.257 e. The van der Waals surface area contributed by atoms with Crippen molar-refractivity contribution in [1.82, 2.24) is 20.4 Å². The highest BCUT2D eigenvalue weighted by molar-refractivity contribution is 5.95. The molecule has 2 aromatic heterocycles. The van der Waals surface area contributed by atoms with Crippen LogP contribution in [0.15, 0.2) is 75.9 Å². The summed E-state index contributed by atoms with van der Waals surface area (Å²) in [6, 6.07) is 16.3. The van der Waals surface area contributed by atoms with Gasteiger partial charge in [-0.3, -0.25) is 9.59 Å². The lowest BCUT2D eigenvalue weighted by Gasteiger charge is -2.16. The first kappa shape index (κ1) is 23.9. The highest BCUT2D eigenvalue weighted by Crippen LogP contribution is 2.18. The summed E-state index contributed by atoms with van der Waals surface area (Å²) in [6.45, 7) is 2.21. The largest absolute Gasteiger partial charge is 0.469 e. The van der Waals surface area contributed by atoms with Crippen LogP contribution in [-0.2, 0) is 12.8 Å². The molecule has 0 bridgehead atoms. The molecule has 0 aliphatic heterocycles. The predicted molar refractivity (Wildman–Crippen MR) is 126 cm³/mol. The van der Waals surface area contributed by atoms with E-state index in [0.29, 0.717) is 42.2 Å². The van der Waals surface area contributed by atoms with Crippen LogP contribution in [-0.4, -0.2) is 46.5 Å². The van der Waals surface area contributed by atoms with E-state index in [2.05, 4.69) is 15.5 Å². The van der Waals surface area contributed by atoms with Crippen LogP contribution in [0.4, 0.5) is 4.39 Å². The normalized spacial score (nSPS) is 11.7. The van der Waals surface area contributed by atoms with Crippen molar-refractivity contribution < 1.29 is 22.9 Å². The summed E-state index contributed by atoms with van der Waals surface area (Å²) in [6.07, 6.45) is 2.55. The van der Waals surface area contributed by atoms with Crippen LogP contribution >= 0.6 is 0 Å². The molecule has 4 aromatic rings. The zero-order valence-corrected chi connectivity index (χ0v) is 19.4. The molecule has 0 radical (unpaired) electrons. The smallest absolute Gasteiger partial charge is 0.257 e. The standard InChI is InChI=1S/C26H25FN4O4/c1-17(16-20-6-5-15-34-20)28-24(32)18-9-11-19(12-10-18)25-29-23(30-35-25)13-14-31(2)26(33)21-7-3-4-8-22(21)27/h3-12,15,17H,13-14,16H2,1-2H3,(H,28,32)/t17-/m1/s1. The Morgan fingerprint density at radius 3 is 2.57 bits per heavy atom. The summed E-state index contributed by atoms with van der Waals surface area (Å²) < 4.78 is 24.5. The zero-order chi connectivity index (χ0) is 24.8. The van der Waals surface area contributed by atoms with Crippen molar-refractivity contribution in [1.29, 1.82) is 0 Å². The minimum atomic E-state index is -0.560. The minimum absolute atomic E-state index is 0.0169. The molecule has 0 unspecified atom stereocenters. The summed E-state index contributed by atoms with van der Waals surface area (Å²) in [5, 5.41) is 6.90. The van der Waals surface area contributed by atoms with Gasteiger partial charge in [0.15, 0.2) is 5.82 Å². The summed E-state index contributed by atoms with van der Waals surface area (Å²) in [5.41, 5.74) is 1.19. The lowest BCUT2D eigenvalue weighted by molar-refractivity contribution is 0.0790. The van der Waals surface area contributed by atoms with E-state index in [9.17, 15) is 14.0 Å². The molecule has 0 aliphatic rings. The average molecular weight is 477 g/mol. The highest BCUT2D eigenvalue weighted by atomic mass is 19.1. The number of nitrogens with one attached hydrogen (secondary N) is 1. The highest BCUT2D eigenvalue weighted by Gasteiger charge is 2.17. The average Bonchev–Trinajstić information content (AvgIpc) is 3.55. The van der Waals surface area contributed by atoms with Gasteiger partial charge in [-0.2, -0.15) is 4.98 Å². The van der Waals surface area contributed by atoms with Gasteiger partial charge in [-0.25, -0.2) is 4.39 Å². The number of furan rings is 1. The van der Waals surface area contributed by atoms with E-state index in [4.69, 9.17) is 8.94 Å². The van der Waals surface area contributed by atoms with Gasteiger partial charge in [0.05, 0.1) is 11.8 Å². The van der Waals surface area contributed by atoms with E-state index in [1.807, 2.05) is 19.1 Å². The van der Waals surface area contributed by atoms with E-state index in [-0.39, 0.29) is 17.5 Å². The molecule has 0 spiro atoms. The van der Waals surface area contributed by atoms with Crippen molar-refractivity contribution >= 4 is 11.8 Å². The van der Waals surface area contributed by atoms with Crippen molar-refractivity contribution in [2.45, 2.75) is 25.8 Å². The zero-order valence-electron chi connectivity index (χ0n) is 19.4. The van der Waals surface area contributed by atoms with E-state index < -0.39 is 11.7 Å². The van der Waals surface area contributed by atoms with Gasteiger partial charge in [0, 0.05) is 43.6 Å². The number of carbonyl (C=O) groups excluding carboxylic acids is 2. The lowest BCUT2D eigenvalue weighted by Crippen LogP contribution is -2.33. The van der Waals surface area contributed by atoms with Crippen LogP contribution in [0.2, 0.25) is 0 Å². The van der Waals surface area contributed by atoms with Gasteiger partial charge < -0.3 is 19.2 Å². The second kappa shape index (κ2) is 10.8. The SMILES string of the molecule is C[C@H](Cc1ccco1)NC(=O)c1ccc(-c2nc(CCN(C)C(=O)c3ccccc3F)no2)cc1. The van der Waals surface area contributed by atoms with Gasteiger partial charge in [0.2, 0.25) is 0 Å². The fourth-order valence-corrected chi connectivity index (χ4v) is 3.54. The molecular formula is C26H25FN4O4. The topological polar surface area (TPSA) is 101 Å². The van der Waals surface area contributed by atoms with Gasteiger partial charge >= 0.3 is 0 Å². The molecule has 35 heavy (non-hydrogen) atoms. The number of halogens is 1. The molecule has 9 heteroatoms. The Bertz CT molecular complexity index is 1280. The van der Waals surface area contributed by atoms with E-state index >= 15 is 0 Å². The third kappa shape index (κ3) is 6.00. The first-order chi connectivity index (χ1) is 16.9. The number of likely N-dealkylation sites (N-methyl/N-ethyl adjacent to an activating group) is 1. The number of hydrogen-bond donors (Lipinski definition) is 1. The molecular weight excluding hydrogens is 451 g/mol. The van der Waals surface area contributed by atoms with Gasteiger partial charge in [0.25, 0.3) is 17.7 Å². The van der Waals surface area contributed by atoms with Crippen LogP contribution < -0.4 is 5.32 Å². The van der Waals surface area contributed by atoms with Crippen molar-refractivity contribution in [2.75, 3.05) is 13.6 Å². The maximum atomic E-state index is 13.9. The van der Waals surface area contributed by atoms with Gasteiger partial charge in [-0.15, -0.1) is 0 Å². The van der Waals surface area contributed by atoms with Crippen LogP contribution in [0.1, 0.15) is 39.2 Å². The van der Waals surface area contributed by atoms with E-state index in [1.54, 1.807) is 43.6 Å². The molecule has 4 rings (SSSR count). The van der Waals surface area contributed by atoms with Crippen LogP contribution in [0.5, 0.6) is 0 Å². The van der Waals surface area contributed by atoms with Crippen LogP contribution in [0.3, 0.4) is 0 Å². The van der Waals surface area contributed by atoms with Gasteiger partial charge in [-0.05, 0) is 55.5 Å². The summed E-state index contributed by atoms with van der Waals surface area (Å²) in [7, 11) is 1.59. The quantitative estimate of drug-likeness (QED) is 0.390. The molecule has 0 fully saturated rings. The first-order valence-corrected chi connectivity index (χ1v) is 11.2. The Balaban J connectivity index is 1.31. The van der Waals surface area contributed by atoms with Gasteiger partial charge in [0.1, 0.15) is 11.6 Å². The molecule has 2 amide bonds. The molecule has 0 saturated carbocycles. The summed E-state index contributed by atoms with van der Waals surface area (Å²) in [5.74, 6) is 0.366. The van der Waals surface area contributed by atoms with E-state index in [0.717, 1.165) is 5.76 Å². The van der Waals surface area contributed by atoms with Crippen LogP contribution in [0, 0.1) is 5.82 Å². The maximum absolute atomic E-state index is 13.9. The molecule has 2 heterocycles. The molecule has 0 saturated heterocycles. The molecule has 1 atom stereocenters.